The zero-order valence-corrected chi connectivity index (χ0v) is 16.6. The Labute approximate surface area is 160 Å². The van der Waals surface area contributed by atoms with Gasteiger partial charge >= 0.3 is 0 Å². The zero-order valence-electron chi connectivity index (χ0n) is 16.6. The van der Waals surface area contributed by atoms with Crippen LogP contribution in [-0.2, 0) is 6.54 Å². The van der Waals surface area contributed by atoms with Crippen molar-refractivity contribution in [3.05, 3.63) is 47.5 Å². The molecule has 0 amide bonds. The van der Waals surface area contributed by atoms with E-state index < -0.39 is 0 Å². The molecule has 2 N–H and O–H groups in total. The van der Waals surface area contributed by atoms with E-state index in [-0.39, 0.29) is 17.7 Å². The first-order valence-electron chi connectivity index (χ1n) is 9.40. The summed E-state index contributed by atoms with van der Waals surface area (Å²) in [5.74, 6) is 0.639. The molecule has 0 spiro atoms. The molecule has 0 bridgehead atoms. The highest BCUT2D eigenvalue weighted by atomic mass is 19.1. The molecule has 6 nitrogen and oxygen atoms in total. The average Bonchev–Trinajstić information content (AvgIpc) is 2.98. The number of para-hydroxylation sites is 1. The number of ether oxygens (including phenoxy) is 1. The molecule has 1 heterocycles. The Hall–Kier alpha value is -2.57. The van der Waals surface area contributed by atoms with E-state index in [1.165, 1.54) is 11.8 Å². The summed E-state index contributed by atoms with van der Waals surface area (Å²) < 4.78 is 21.5. The van der Waals surface area contributed by atoms with Crippen molar-refractivity contribution in [1.82, 2.24) is 20.4 Å². The van der Waals surface area contributed by atoms with Crippen molar-refractivity contribution >= 4 is 5.96 Å². The Morgan fingerprint density at radius 1 is 1.30 bits per heavy atom. The number of benzene rings is 1. The quantitative estimate of drug-likeness (QED) is 0.402. The molecule has 0 saturated carbocycles. The average molecular weight is 375 g/mol. The van der Waals surface area contributed by atoms with Gasteiger partial charge in [0.2, 0.25) is 0 Å². The van der Waals surface area contributed by atoms with Gasteiger partial charge in [0.1, 0.15) is 6.10 Å². The van der Waals surface area contributed by atoms with Crippen molar-refractivity contribution in [2.24, 2.45) is 4.99 Å². The first-order valence-corrected chi connectivity index (χ1v) is 9.40. The van der Waals surface area contributed by atoms with Crippen LogP contribution in [-0.4, -0.2) is 42.0 Å². The van der Waals surface area contributed by atoms with Gasteiger partial charge in [-0.2, -0.15) is 5.10 Å². The Kier molecular flexibility index (Phi) is 8.10. The summed E-state index contributed by atoms with van der Waals surface area (Å²) in [6.07, 6.45) is 1.55. The van der Waals surface area contributed by atoms with Gasteiger partial charge in [0.15, 0.2) is 17.5 Å². The highest BCUT2D eigenvalue weighted by Crippen LogP contribution is 2.17. The third kappa shape index (κ3) is 6.58. The summed E-state index contributed by atoms with van der Waals surface area (Å²) in [4.78, 5) is 4.23. The minimum Gasteiger partial charge on any atom is -0.486 e. The van der Waals surface area contributed by atoms with Crippen molar-refractivity contribution in [1.29, 1.82) is 0 Å². The first-order chi connectivity index (χ1) is 13.0. The molecule has 1 aromatic heterocycles. The van der Waals surface area contributed by atoms with Gasteiger partial charge in [0.05, 0.1) is 12.2 Å². The van der Waals surface area contributed by atoms with E-state index in [4.69, 9.17) is 4.74 Å². The molecular weight excluding hydrogens is 345 g/mol. The fraction of sp³-hybridized carbons (Fsp3) is 0.500. The van der Waals surface area contributed by atoms with Gasteiger partial charge in [-0.3, -0.25) is 9.67 Å². The van der Waals surface area contributed by atoms with Crippen molar-refractivity contribution in [2.45, 2.75) is 46.3 Å². The molecule has 1 unspecified atom stereocenters. The third-order valence-corrected chi connectivity index (χ3v) is 4.25. The SMILES string of the molecule is CCC(CNC(=NC)NCCCn1nc(C)cc1C)Oc1ccccc1F. The number of nitrogens with zero attached hydrogens (tertiary/aromatic N) is 3. The number of halogens is 1. The molecule has 0 saturated heterocycles. The molecule has 27 heavy (non-hydrogen) atoms. The maximum atomic E-state index is 13.7. The number of hydrogen-bond donors (Lipinski definition) is 2. The maximum absolute atomic E-state index is 13.7. The second-order valence-corrected chi connectivity index (χ2v) is 6.46. The van der Waals surface area contributed by atoms with E-state index in [0.717, 1.165) is 31.6 Å². The van der Waals surface area contributed by atoms with E-state index in [1.54, 1.807) is 25.2 Å². The Balaban J connectivity index is 1.73. The van der Waals surface area contributed by atoms with Crippen LogP contribution in [0, 0.1) is 19.7 Å². The standard InChI is InChI=1S/C20H30FN5O/c1-5-17(27-19-10-7-6-9-18(19)21)14-24-20(22-4)23-11-8-12-26-16(3)13-15(2)25-26/h6-7,9-10,13,17H,5,8,11-12,14H2,1-4H3,(H2,22,23,24). The summed E-state index contributed by atoms with van der Waals surface area (Å²) >= 11 is 0. The minimum absolute atomic E-state index is 0.143. The van der Waals surface area contributed by atoms with E-state index in [9.17, 15) is 4.39 Å². The largest absolute Gasteiger partial charge is 0.486 e. The van der Waals surface area contributed by atoms with E-state index in [2.05, 4.69) is 33.7 Å². The minimum atomic E-state index is -0.345. The lowest BCUT2D eigenvalue weighted by molar-refractivity contribution is 0.191. The smallest absolute Gasteiger partial charge is 0.191 e. The van der Waals surface area contributed by atoms with Gasteiger partial charge in [-0.1, -0.05) is 19.1 Å². The summed E-state index contributed by atoms with van der Waals surface area (Å²) in [6.45, 7) is 8.26. The number of aromatic nitrogens is 2. The van der Waals surface area contributed by atoms with Crippen LogP contribution >= 0.6 is 0 Å². The van der Waals surface area contributed by atoms with Crippen molar-refractivity contribution < 1.29 is 9.13 Å². The van der Waals surface area contributed by atoms with Gasteiger partial charge in [0, 0.05) is 25.8 Å². The summed E-state index contributed by atoms with van der Waals surface area (Å²) in [5, 5.41) is 11.0. The summed E-state index contributed by atoms with van der Waals surface area (Å²) in [6, 6.07) is 8.54. The molecular formula is C20H30FN5O. The fourth-order valence-corrected chi connectivity index (χ4v) is 2.76. The predicted molar refractivity (Wildman–Crippen MR) is 107 cm³/mol. The number of hydrogen-bond acceptors (Lipinski definition) is 3. The molecule has 0 aliphatic rings. The number of aliphatic imine (C=N–C) groups is 1. The predicted octanol–water partition coefficient (Wildman–Crippen LogP) is 3.05. The van der Waals surface area contributed by atoms with Gasteiger partial charge < -0.3 is 15.4 Å². The Bertz CT molecular complexity index is 744. The lowest BCUT2D eigenvalue weighted by atomic mass is 10.2. The van der Waals surface area contributed by atoms with Crippen molar-refractivity contribution in [3.8, 4) is 5.75 Å². The van der Waals surface area contributed by atoms with Crippen molar-refractivity contribution in [2.75, 3.05) is 20.1 Å². The van der Waals surface area contributed by atoms with Crippen LogP contribution in [0.2, 0.25) is 0 Å². The summed E-state index contributed by atoms with van der Waals surface area (Å²) in [5.41, 5.74) is 2.21. The summed E-state index contributed by atoms with van der Waals surface area (Å²) in [7, 11) is 1.73. The van der Waals surface area contributed by atoms with Gasteiger partial charge in [-0.15, -0.1) is 0 Å². The van der Waals surface area contributed by atoms with Crippen LogP contribution < -0.4 is 15.4 Å². The molecule has 148 valence electrons. The highest BCUT2D eigenvalue weighted by molar-refractivity contribution is 5.79. The van der Waals surface area contributed by atoms with Crippen LogP contribution in [0.1, 0.15) is 31.2 Å². The topological polar surface area (TPSA) is 63.5 Å². The Morgan fingerprint density at radius 3 is 2.70 bits per heavy atom. The molecule has 0 aliphatic carbocycles. The van der Waals surface area contributed by atoms with Gasteiger partial charge in [0.25, 0.3) is 0 Å². The molecule has 1 atom stereocenters. The normalized spacial score (nSPS) is 12.7. The molecule has 2 aromatic rings. The fourth-order valence-electron chi connectivity index (χ4n) is 2.76. The second-order valence-electron chi connectivity index (χ2n) is 6.46. The molecule has 0 aliphatic heterocycles. The van der Waals surface area contributed by atoms with E-state index in [1.807, 2.05) is 18.5 Å². The Morgan fingerprint density at radius 2 is 2.07 bits per heavy atom. The van der Waals surface area contributed by atoms with E-state index >= 15 is 0 Å². The maximum Gasteiger partial charge on any atom is 0.191 e. The first kappa shape index (κ1) is 20.7. The lowest BCUT2D eigenvalue weighted by Crippen LogP contribution is -2.43. The van der Waals surface area contributed by atoms with E-state index in [0.29, 0.717) is 12.5 Å². The monoisotopic (exact) mass is 375 g/mol. The lowest BCUT2D eigenvalue weighted by Gasteiger charge is -2.20. The van der Waals surface area contributed by atoms with Crippen LogP contribution in [0.4, 0.5) is 4.39 Å². The van der Waals surface area contributed by atoms with Gasteiger partial charge in [-0.25, -0.2) is 4.39 Å². The van der Waals surface area contributed by atoms with Crippen LogP contribution in [0.15, 0.2) is 35.3 Å². The van der Waals surface area contributed by atoms with Crippen LogP contribution in [0.3, 0.4) is 0 Å². The number of aryl methyl sites for hydroxylation is 3. The highest BCUT2D eigenvalue weighted by Gasteiger charge is 2.12. The number of guanidine groups is 1. The van der Waals surface area contributed by atoms with Crippen molar-refractivity contribution in [3.63, 3.8) is 0 Å². The van der Waals surface area contributed by atoms with Crippen LogP contribution in [0.25, 0.3) is 0 Å². The second kappa shape index (κ2) is 10.5. The third-order valence-electron chi connectivity index (χ3n) is 4.25. The zero-order chi connectivity index (χ0) is 19.6. The molecule has 7 heteroatoms. The number of nitrogens with one attached hydrogen (secondary N) is 2. The van der Waals surface area contributed by atoms with Crippen LogP contribution in [0.5, 0.6) is 5.75 Å². The molecule has 2 rings (SSSR count). The number of rotatable bonds is 9. The molecule has 0 fully saturated rings. The van der Waals surface area contributed by atoms with Gasteiger partial charge in [-0.05, 0) is 44.9 Å². The molecule has 0 radical (unpaired) electrons. The molecule has 1 aromatic carbocycles.